The third-order valence-electron chi connectivity index (χ3n) is 5.33. The van der Waals surface area contributed by atoms with E-state index < -0.39 is 4.33 Å². The number of alkyl halides is 2. The summed E-state index contributed by atoms with van der Waals surface area (Å²) in [5, 5.41) is 0. The molecule has 0 heterocycles. The van der Waals surface area contributed by atoms with Gasteiger partial charge in [0.1, 0.15) is 4.33 Å². The van der Waals surface area contributed by atoms with Crippen molar-refractivity contribution in [3.05, 3.63) is 0 Å². The van der Waals surface area contributed by atoms with Crippen molar-refractivity contribution in [2.45, 2.75) is 43.9 Å². The molecule has 3 rings (SSSR count). The molecule has 3 saturated carbocycles. The lowest BCUT2D eigenvalue weighted by Crippen LogP contribution is -2.36. The molecule has 2 heteroatoms. The minimum absolute atomic E-state index is 0.284. The number of rotatable bonds is 0. The van der Waals surface area contributed by atoms with E-state index in [0.717, 1.165) is 18.3 Å². The maximum Gasteiger partial charge on any atom is 0.125 e. The van der Waals surface area contributed by atoms with Gasteiger partial charge in [-0.1, -0.05) is 13.8 Å². The molecule has 0 N–H and O–H groups in total. The fourth-order valence-corrected chi connectivity index (χ4v) is 5.64. The van der Waals surface area contributed by atoms with E-state index in [0.29, 0.717) is 5.41 Å². The van der Waals surface area contributed by atoms with Gasteiger partial charge in [-0.15, -0.1) is 23.2 Å². The Morgan fingerprint density at radius 1 is 1.08 bits per heavy atom. The highest BCUT2D eigenvalue weighted by Crippen LogP contribution is 2.84. The molecular weight excluding hydrogens is 203 g/mol. The van der Waals surface area contributed by atoms with E-state index in [1.807, 2.05) is 0 Å². The molecule has 3 unspecified atom stereocenters. The van der Waals surface area contributed by atoms with Crippen molar-refractivity contribution in [2.75, 3.05) is 0 Å². The van der Waals surface area contributed by atoms with Crippen LogP contribution in [-0.4, -0.2) is 4.33 Å². The zero-order valence-corrected chi connectivity index (χ0v) is 9.75. The van der Waals surface area contributed by atoms with Gasteiger partial charge < -0.3 is 0 Å². The molecule has 3 fully saturated rings. The number of halogens is 2. The first-order valence-corrected chi connectivity index (χ1v) is 6.05. The standard InChI is InChI=1S/C11H16Cl2/c1-9(2)7-3-4-8(5-7)10(9)6-11(10,12)13/h7-8H,3-6H2,1-2H3. The molecule has 0 nitrogen and oxygen atoms in total. The molecule has 0 amide bonds. The van der Waals surface area contributed by atoms with Gasteiger partial charge in [0.05, 0.1) is 0 Å². The first-order valence-electron chi connectivity index (χ1n) is 5.30. The van der Waals surface area contributed by atoms with E-state index in [9.17, 15) is 0 Å². The third-order valence-corrected chi connectivity index (χ3v) is 6.27. The maximum atomic E-state index is 6.35. The second-order valence-electron chi connectivity index (χ2n) is 5.78. The van der Waals surface area contributed by atoms with Crippen LogP contribution in [0.3, 0.4) is 0 Å². The fourth-order valence-electron chi connectivity index (χ4n) is 4.42. The van der Waals surface area contributed by atoms with Crippen LogP contribution in [0, 0.1) is 22.7 Å². The average Bonchev–Trinajstić information content (AvgIpc) is 2.47. The van der Waals surface area contributed by atoms with Crippen LogP contribution in [0.25, 0.3) is 0 Å². The van der Waals surface area contributed by atoms with Crippen LogP contribution in [0.5, 0.6) is 0 Å². The Labute approximate surface area is 90.0 Å². The molecule has 2 bridgehead atoms. The fraction of sp³-hybridized carbons (Fsp3) is 1.00. The Hall–Kier alpha value is 0.580. The molecule has 3 aliphatic rings. The van der Waals surface area contributed by atoms with Crippen LogP contribution in [0.1, 0.15) is 39.5 Å². The lowest BCUT2D eigenvalue weighted by atomic mass is 9.66. The summed E-state index contributed by atoms with van der Waals surface area (Å²) in [4.78, 5) is 0. The van der Waals surface area contributed by atoms with Crippen molar-refractivity contribution in [3.63, 3.8) is 0 Å². The minimum Gasteiger partial charge on any atom is -0.101 e. The largest absolute Gasteiger partial charge is 0.125 e. The van der Waals surface area contributed by atoms with Crippen LogP contribution in [-0.2, 0) is 0 Å². The van der Waals surface area contributed by atoms with Crippen molar-refractivity contribution >= 4 is 23.2 Å². The van der Waals surface area contributed by atoms with Crippen LogP contribution in [0.4, 0.5) is 0 Å². The molecule has 1 spiro atoms. The molecular formula is C11H16Cl2. The van der Waals surface area contributed by atoms with Gasteiger partial charge in [-0.2, -0.15) is 0 Å². The van der Waals surface area contributed by atoms with Crippen molar-refractivity contribution in [1.29, 1.82) is 0 Å². The third kappa shape index (κ3) is 0.741. The van der Waals surface area contributed by atoms with Gasteiger partial charge in [0.2, 0.25) is 0 Å². The Kier molecular flexibility index (Phi) is 1.41. The van der Waals surface area contributed by atoms with Gasteiger partial charge in [0.25, 0.3) is 0 Å². The lowest BCUT2D eigenvalue weighted by molar-refractivity contribution is 0.0975. The molecule has 74 valence electrons. The van der Waals surface area contributed by atoms with Gasteiger partial charge in [-0.05, 0) is 42.9 Å². The first-order chi connectivity index (χ1) is 5.92. The van der Waals surface area contributed by atoms with Gasteiger partial charge in [-0.3, -0.25) is 0 Å². The summed E-state index contributed by atoms with van der Waals surface area (Å²) >= 11 is 12.7. The van der Waals surface area contributed by atoms with Crippen molar-refractivity contribution in [1.82, 2.24) is 0 Å². The molecule has 3 aliphatic carbocycles. The van der Waals surface area contributed by atoms with Crippen LogP contribution in [0.15, 0.2) is 0 Å². The van der Waals surface area contributed by atoms with Crippen molar-refractivity contribution in [3.8, 4) is 0 Å². The molecule has 0 aromatic rings. The van der Waals surface area contributed by atoms with E-state index >= 15 is 0 Å². The average molecular weight is 219 g/mol. The van der Waals surface area contributed by atoms with Gasteiger partial charge >= 0.3 is 0 Å². The van der Waals surface area contributed by atoms with E-state index in [1.54, 1.807) is 0 Å². The van der Waals surface area contributed by atoms with Crippen molar-refractivity contribution < 1.29 is 0 Å². The Bertz CT molecular complexity index is 269. The summed E-state index contributed by atoms with van der Waals surface area (Å²) < 4.78 is -0.393. The summed E-state index contributed by atoms with van der Waals surface area (Å²) in [5.74, 6) is 1.71. The summed E-state index contributed by atoms with van der Waals surface area (Å²) in [7, 11) is 0. The second kappa shape index (κ2) is 2.07. The van der Waals surface area contributed by atoms with E-state index in [4.69, 9.17) is 23.2 Å². The van der Waals surface area contributed by atoms with Crippen LogP contribution >= 0.6 is 23.2 Å². The Morgan fingerprint density at radius 2 is 1.62 bits per heavy atom. The van der Waals surface area contributed by atoms with E-state index in [2.05, 4.69) is 13.8 Å². The molecule has 0 aromatic carbocycles. The van der Waals surface area contributed by atoms with Crippen LogP contribution in [0.2, 0.25) is 0 Å². The number of hydrogen-bond donors (Lipinski definition) is 0. The highest BCUT2D eigenvalue weighted by Gasteiger charge is 2.80. The topological polar surface area (TPSA) is 0 Å². The molecule has 0 aliphatic heterocycles. The normalized spacial score (nSPS) is 54.5. The number of fused-ring (bicyclic) bond motifs is 3. The minimum atomic E-state index is -0.393. The molecule has 13 heavy (non-hydrogen) atoms. The SMILES string of the molecule is CC1(C)C2CCC(C2)C12CC2(Cl)Cl. The smallest absolute Gasteiger partial charge is 0.101 e. The van der Waals surface area contributed by atoms with Gasteiger partial charge in [0, 0.05) is 5.41 Å². The maximum absolute atomic E-state index is 6.35. The number of hydrogen-bond acceptors (Lipinski definition) is 0. The van der Waals surface area contributed by atoms with Gasteiger partial charge in [0.15, 0.2) is 0 Å². The van der Waals surface area contributed by atoms with Crippen LogP contribution < -0.4 is 0 Å². The molecule has 0 radical (unpaired) electrons. The zero-order valence-electron chi connectivity index (χ0n) is 8.24. The molecule has 0 aromatic heterocycles. The Balaban J connectivity index is 2.06. The first kappa shape index (κ1) is 8.85. The lowest BCUT2D eigenvalue weighted by Gasteiger charge is -2.40. The quantitative estimate of drug-likeness (QED) is 0.540. The zero-order chi connectivity index (χ0) is 9.48. The molecule has 0 saturated heterocycles. The summed E-state index contributed by atoms with van der Waals surface area (Å²) in [5.41, 5.74) is 0.672. The van der Waals surface area contributed by atoms with Gasteiger partial charge in [-0.25, -0.2) is 0 Å². The summed E-state index contributed by atoms with van der Waals surface area (Å²) in [6.07, 6.45) is 5.20. The predicted octanol–water partition coefficient (Wildman–Crippen LogP) is 4.01. The molecule has 3 atom stereocenters. The monoisotopic (exact) mass is 218 g/mol. The van der Waals surface area contributed by atoms with E-state index in [1.165, 1.54) is 19.3 Å². The van der Waals surface area contributed by atoms with Crippen molar-refractivity contribution in [2.24, 2.45) is 22.7 Å². The second-order valence-corrected chi connectivity index (χ2v) is 7.27. The highest BCUT2D eigenvalue weighted by molar-refractivity contribution is 6.51. The highest BCUT2D eigenvalue weighted by atomic mass is 35.5. The predicted molar refractivity (Wildman–Crippen MR) is 56.1 cm³/mol. The summed E-state index contributed by atoms with van der Waals surface area (Å²) in [6.45, 7) is 4.76. The summed E-state index contributed by atoms with van der Waals surface area (Å²) in [6, 6.07) is 0. The Morgan fingerprint density at radius 3 is 1.92 bits per heavy atom. The van der Waals surface area contributed by atoms with E-state index in [-0.39, 0.29) is 5.41 Å².